The van der Waals surface area contributed by atoms with Crippen molar-refractivity contribution in [2.24, 2.45) is 0 Å². The first-order valence-electron chi connectivity index (χ1n) is 12.3. The molecule has 192 valence electrons. The van der Waals surface area contributed by atoms with Crippen LogP contribution in [-0.2, 0) is 11.2 Å². The normalized spacial score (nSPS) is 13.7. The second-order valence-corrected chi connectivity index (χ2v) is 9.41. The Balaban J connectivity index is 1.52. The number of benzene rings is 3. The van der Waals surface area contributed by atoms with Crippen molar-refractivity contribution in [3.63, 3.8) is 0 Å². The molecule has 0 N–H and O–H groups in total. The van der Waals surface area contributed by atoms with Gasteiger partial charge in [-0.1, -0.05) is 35.9 Å². The molecule has 1 aliphatic rings. The number of hydrogen-bond donors (Lipinski definition) is 0. The van der Waals surface area contributed by atoms with Crippen LogP contribution in [0.15, 0.2) is 66.7 Å². The summed E-state index contributed by atoms with van der Waals surface area (Å²) < 4.78 is 16.4. The molecule has 4 aromatic rings. The minimum atomic E-state index is -0.533. The predicted octanol–water partition coefficient (Wildman–Crippen LogP) is 6.82. The highest BCUT2D eigenvalue weighted by atomic mass is 35.5. The van der Waals surface area contributed by atoms with Crippen LogP contribution in [0.1, 0.15) is 50.4 Å². The lowest BCUT2D eigenvalue weighted by Crippen LogP contribution is -2.18. The van der Waals surface area contributed by atoms with Gasteiger partial charge in [-0.2, -0.15) is 0 Å². The van der Waals surface area contributed by atoms with E-state index < -0.39 is 5.97 Å². The van der Waals surface area contributed by atoms with E-state index in [-0.39, 0.29) is 12.4 Å². The number of carbonyl (C=O) groups excluding carboxylic acids is 2. The highest BCUT2D eigenvalue weighted by molar-refractivity contribution is 6.30. The third-order valence-electron chi connectivity index (χ3n) is 6.62. The van der Waals surface area contributed by atoms with Gasteiger partial charge in [-0.3, -0.25) is 4.79 Å². The number of nitrogens with zero attached hydrogens (tertiary/aromatic N) is 1. The number of para-hydroxylation sites is 1. The Hall–Kier alpha value is -4.16. The first-order valence-corrected chi connectivity index (χ1v) is 12.7. The summed E-state index contributed by atoms with van der Waals surface area (Å²) in [7, 11) is 3.21. The molecule has 0 fully saturated rings. The third kappa shape index (κ3) is 5.13. The molecule has 0 spiro atoms. The fourth-order valence-electron chi connectivity index (χ4n) is 4.77. The van der Waals surface area contributed by atoms with Crippen LogP contribution in [0, 0.1) is 0 Å². The van der Waals surface area contributed by atoms with Crippen LogP contribution >= 0.6 is 11.6 Å². The number of esters is 1. The number of pyridine rings is 1. The van der Waals surface area contributed by atoms with Crippen LogP contribution in [0.5, 0.6) is 11.5 Å². The average molecular weight is 528 g/mol. The van der Waals surface area contributed by atoms with Gasteiger partial charge in [0.25, 0.3) is 0 Å². The SMILES string of the molecule is COc1ccc(/C=C2\CCCc3c2nc2ccccc2c3C(=O)OCC(=O)c2ccc(Cl)cc2)cc1OC. The lowest BCUT2D eigenvalue weighted by Gasteiger charge is -2.22. The van der Waals surface area contributed by atoms with Gasteiger partial charge in [0.05, 0.1) is 31.0 Å². The number of aromatic nitrogens is 1. The lowest BCUT2D eigenvalue weighted by atomic mass is 9.86. The molecular weight excluding hydrogens is 502 g/mol. The van der Waals surface area contributed by atoms with Crippen molar-refractivity contribution in [3.05, 3.63) is 99.7 Å². The molecule has 3 aromatic carbocycles. The molecule has 6 nitrogen and oxygen atoms in total. The minimum absolute atomic E-state index is 0.295. The number of fused-ring (bicyclic) bond motifs is 2. The molecule has 1 aliphatic carbocycles. The Morgan fingerprint density at radius 1 is 0.947 bits per heavy atom. The van der Waals surface area contributed by atoms with Crippen molar-refractivity contribution in [1.29, 1.82) is 0 Å². The van der Waals surface area contributed by atoms with Crippen molar-refractivity contribution >= 4 is 45.9 Å². The monoisotopic (exact) mass is 527 g/mol. The largest absolute Gasteiger partial charge is 0.493 e. The fraction of sp³-hybridized carbons (Fsp3) is 0.194. The molecule has 0 aliphatic heterocycles. The second-order valence-electron chi connectivity index (χ2n) is 8.97. The maximum Gasteiger partial charge on any atom is 0.339 e. The van der Waals surface area contributed by atoms with Gasteiger partial charge in [0.15, 0.2) is 23.9 Å². The van der Waals surface area contributed by atoms with Gasteiger partial charge in [-0.15, -0.1) is 0 Å². The van der Waals surface area contributed by atoms with Gasteiger partial charge in [-0.05, 0) is 84.5 Å². The molecule has 0 saturated heterocycles. The molecule has 0 atom stereocenters. The number of allylic oxidation sites excluding steroid dienone is 1. The topological polar surface area (TPSA) is 74.7 Å². The van der Waals surface area contributed by atoms with E-state index in [0.29, 0.717) is 45.0 Å². The van der Waals surface area contributed by atoms with E-state index >= 15 is 0 Å². The zero-order chi connectivity index (χ0) is 26.6. The lowest BCUT2D eigenvalue weighted by molar-refractivity contribution is 0.0475. The predicted molar refractivity (Wildman–Crippen MR) is 148 cm³/mol. The summed E-state index contributed by atoms with van der Waals surface area (Å²) in [4.78, 5) is 31.1. The maximum absolute atomic E-state index is 13.5. The molecule has 0 unspecified atom stereocenters. The number of methoxy groups -OCH3 is 2. The molecular formula is C31H26ClNO5. The molecule has 0 radical (unpaired) electrons. The Bertz CT molecular complexity index is 1560. The summed E-state index contributed by atoms with van der Waals surface area (Å²) in [5.41, 5.74) is 5.18. The Morgan fingerprint density at radius 3 is 2.47 bits per heavy atom. The molecule has 1 heterocycles. The van der Waals surface area contributed by atoms with Crippen LogP contribution in [0.2, 0.25) is 5.02 Å². The molecule has 0 bridgehead atoms. The highest BCUT2D eigenvalue weighted by Crippen LogP contribution is 2.37. The van der Waals surface area contributed by atoms with E-state index in [9.17, 15) is 9.59 Å². The molecule has 5 rings (SSSR count). The van der Waals surface area contributed by atoms with E-state index in [1.807, 2.05) is 42.5 Å². The number of halogens is 1. The maximum atomic E-state index is 13.5. The number of Topliss-reactive ketones (excluding diaryl/α,β-unsaturated/α-hetero) is 1. The first-order chi connectivity index (χ1) is 18.5. The second kappa shape index (κ2) is 11.1. The van der Waals surface area contributed by atoms with Gasteiger partial charge < -0.3 is 14.2 Å². The molecule has 0 amide bonds. The van der Waals surface area contributed by atoms with Crippen molar-refractivity contribution < 1.29 is 23.8 Å². The first kappa shape index (κ1) is 25.5. The van der Waals surface area contributed by atoms with Crippen molar-refractivity contribution in [1.82, 2.24) is 4.98 Å². The summed E-state index contributed by atoms with van der Waals surface area (Å²) in [5.74, 6) is 0.464. The zero-order valence-electron chi connectivity index (χ0n) is 21.1. The van der Waals surface area contributed by atoms with Gasteiger partial charge in [0.2, 0.25) is 0 Å². The molecule has 1 aromatic heterocycles. The summed E-state index contributed by atoms with van der Waals surface area (Å²) in [6.07, 6.45) is 4.43. The summed E-state index contributed by atoms with van der Waals surface area (Å²) in [5, 5.41) is 1.24. The number of carbonyl (C=O) groups is 2. The van der Waals surface area contributed by atoms with Gasteiger partial charge in [-0.25, -0.2) is 9.78 Å². The van der Waals surface area contributed by atoms with Crippen molar-refractivity contribution in [3.8, 4) is 11.5 Å². The minimum Gasteiger partial charge on any atom is -0.493 e. The standard InChI is InChI=1S/C31H26ClNO5/c1-36-27-15-10-19(17-28(27)37-2)16-21-6-5-8-24-29(23-7-3-4-9-25(23)33-30(21)24)31(35)38-18-26(34)20-11-13-22(32)14-12-20/h3-4,7,9-17H,5-6,8,18H2,1-2H3/b21-16+. The average Bonchev–Trinajstić information content (AvgIpc) is 2.95. The Labute approximate surface area is 225 Å². The smallest absolute Gasteiger partial charge is 0.339 e. The molecule has 0 saturated carbocycles. The fourth-order valence-corrected chi connectivity index (χ4v) is 4.90. The molecule has 38 heavy (non-hydrogen) atoms. The van der Waals surface area contributed by atoms with Crippen LogP contribution in [0.4, 0.5) is 0 Å². The number of ether oxygens (including phenoxy) is 3. The van der Waals surface area contributed by atoms with Crippen LogP contribution in [0.25, 0.3) is 22.6 Å². The van der Waals surface area contributed by atoms with E-state index in [1.165, 1.54) is 0 Å². The van der Waals surface area contributed by atoms with Crippen LogP contribution in [-0.4, -0.2) is 37.6 Å². The van der Waals surface area contributed by atoms with Crippen molar-refractivity contribution in [2.45, 2.75) is 19.3 Å². The summed E-state index contributed by atoms with van der Waals surface area (Å²) in [6.45, 7) is -0.361. The van der Waals surface area contributed by atoms with E-state index in [0.717, 1.165) is 35.2 Å². The Kier molecular flexibility index (Phi) is 7.43. The van der Waals surface area contributed by atoms with Crippen molar-refractivity contribution in [2.75, 3.05) is 20.8 Å². The highest BCUT2D eigenvalue weighted by Gasteiger charge is 2.26. The van der Waals surface area contributed by atoms with Gasteiger partial charge >= 0.3 is 5.97 Å². The molecule has 7 heteroatoms. The summed E-state index contributed by atoms with van der Waals surface area (Å²) in [6, 6.07) is 19.8. The number of rotatable bonds is 7. The van der Waals surface area contributed by atoms with Gasteiger partial charge in [0, 0.05) is 16.0 Å². The Morgan fingerprint density at radius 2 is 1.71 bits per heavy atom. The zero-order valence-corrected chi connectivity index (χ0v) is 21.9. The quantitative estimate of drug-likeness (QED) is 0.194. The summed E-state index contributed by atoms with van der Waals surface area (Å²) >= 11 is 5.92. The number of hydrogen-bond acceptors (Lipinski definition) is 6. The third-order valence-corrected chi connectivity index (χ3v) is 6.88. The van der Waals surface area contributed by atoms with E-state index in [1.54, 1.807) is 38.5 Å². The van der Waals surface area contributed by atoms with E-state index in [4.69, 9.17) is 30.8 Å². The number of ketones is 1. The van der Waals surface area contributed by atoms with E-state index in [2.05, 4.69) is 6.08 Å². The van der Waals surface area contributed by atoms with Crippen LogP contribution in [0.3, 0.4) is 0 Å². The van der Waals surface area contributed by atoms with Crippen LogP contribution < -0.4 is 9.47 Å². The van der Waals surface area contributed by atoms with Gasteiger partial charge in [0.1, 0.15) is 0 Å².